The summed E-state index contributed by atoms with van der Waals surface area (Å²) in [4.78, 5) is 4.63. The van der Waals surface area contributed by atoms with Gasteiger partial charge >= 0.3 is 0 Å². The van der Waals surface area contributed by atoms with Crippen LogP contribution >= 0.6 is 11.6 Å². The quantitative estimate of drug-likeness (QED) is 0.321. The van der Waals surface area contributed by atoms with Gasteiger partial charge in [0.15, 0.2) is 6.61 Å². The minimum absolute atomic E-state index is 0.0401. The van der Waals surface area contributed by atoms with E-state index in [1.54, 1.807) is 12.1 Å². The highest BCUT2D eigenvalue weighted by molar-refractivity contribution is 6.30. The van der Waals surface area contributed by atoms with Crippen LogP contribution in [0.15, 0.2) is 72.8 Å². The number of fused-ring (bicyclic) bond motifs is 1. The Morgan fingerprint density at radius 1 is 0.875 bits per heavy atom. The van der Waals surface area contributed by atoms with Crippen LogP contribution in [-0.4, -0.2) is 11.6 Å². The van der Waals surface area contributed by atoms with Crippen molar-refractivity contribution in [3.8, 4) is 23.3 Å². The first-order chi connectivity index (χ1) is 15.6. The molecule has 0 aliphatic carbocycles. The smallest absolute Gasteiger partial charge is 0.174 e. The molecule has 160 valence electrons. The number of para-hydroxylation sites is 1. The minimum Gasteiger partial charge on any atom is -0.489 e. The third-order valence-electron chi connectivity index (χ3n) is 4.84. The number of aromatic nitrogens is 1. The number of nitrogens with zero attached hydrogens (tertiary/aromatic N) is 2. The Hall–Kier alpha value is -3.75. The number of halogens is 1. The van der Waals surface area contributed by atoms with Gasteiger partial charge < -0.3 is 14.2 Å². The maximum atomic E-state index is 8.84. The van der Waals surface area contributed by atoms with Crippen molar-refractivity contribution in [2.75, 3.05) is 6.61 Å². The predicted molar refractivity (Wildman–Crippen MR) is 124 cm³/mol. The van der Waals surface area contributed by atoms with Gasteiger partial charge in [0.2, 0.25) is 0 Å². The third kappa shape index (κ3) is 5.29. The summed E-state index contributed by atoms with van der Waals surface area (Å²) in [5, 5.41) is 10.5. The van der Waals surface area contributed by atoms with Crippen molar-refractivity contribution in [2.24, 2.45) is 0 Å². The number of rotatable bonds is 8. The van der Waals surface area contributed by atoms with Crippen molar-refractivity contribution >= 4 is 22.5 Å². The molecule has 0 amide bonds. The average molecular weight is 445 g/mol. The molecule has 0 radical (unpaired) electrons. The molecule has 0 fully saturated rings. The Morgan fingerprint density at radius 3 is 2.47 bits per heavy atom. The average Bonchev–Trinajstić information content (AvgIpc) is 2.81. The van der Waals surface area contributed by atoms with E-state index >= 15 is 0 Å². The molecule has 0 atom stereocenters. The Bertz CT molecular complexity index is 1280. The van der Waals surface area contributed by atoms with Gasteiger partial charge in [0, 0.05) is 22.0 Å². The largest absolute Gasteiger partial charge is 0.489 e. The molecule has 32 heavy (non-hydrogen) atoms. The van der Waals surface area contributed by atoms with Crippen molar-refractivity contribution in [3.05, 3.63) is 94.6 Å². The van der Waals surface area contributed by atoms with Gasteiger partial charge in [0.25, 0.3) is 0 Å². The summed E-state index contributed by atoms with van der Waals surface area (Å²) in [6.07, 6.45) is 0. The molecule has 4 aromatic rings. The highest BCUT2D eigenvalue weighted by atomic mass is 35.5. The van der Waals surface area contributed by atoms with E-state index in [1.165, 1.54) is 0 Å². The molecule has 0 spiro atoms. The van der Waals surface area contributed by atoms with Crippen LogP contribution in [0, 0.1) is 18.3 Å². The maximum absolute atomic E-state index is 8.84. The van der Waals surface area contributed by atoms with Crippen molar-refractivity contribution < 1.29 is 14.2 Å². The monoisotopic (exact) mass is 444 g/mol. The number of benzene rings is 3. The van der Waals surface area contributed by atoms with Crippen molar-refractivity contribution in [1.29, 1.82) is 5.26 Å². The van der Waals surface area contributed by atoms with E-state index in [0.717, 1.165) is 27.7 Å². The molecule has 0 aliphatic heterocycles. The SMILES string of the molecule is Cc1cc(Cl)cc(COc2cccc(OCc3ccc4ccccc4n3)c2)c1OCC#N. The summed E-state index contributed by atoms with van der Waals surface area (Å²) >= 11 is 6.20. The first-order valence-corrected chi connectivity index (χ1v) is 10.5. The molecule has 0 bridgehead atoms. The molecule has 1 heterocycles. The van der Waals surface area contributed by atoms with Gasteiger partial charge in [-0.25, -0.2) is 4.98 Å². The lowest BCUT2D eigenvalue weighted by atomic mass is 10.1. The summed E-state index contributed by atoms with van der Waals surface area (Å²) in [7, 11) is 0. The standard InChI is InChI=1S/C26H21ClN2O3/c1-18-13-21(27)14-20(26(18)30-12-11-28)16-31-23-6-4-7-24(15-23)32-17-22-10-9-19-5-2-3-8-25(19)29-22/h2-10,13-15H,12,16-17H2,1H3. The van der Waals surface area contributed by atoms with Gasteiger partial charge in [-0.05, 0) is 48.9 Å². The van der Waals surface area contributed by atoms with Gasteiger partial charge in [0.05, 0.1) is 11.2 Å². The second kappa shape index (κ2) is 10.0. The van der Waals surface area contributed by atoms with Crippen molar-refractivity contribution in [1.82, 2.24) is 4.98 Å². The summed E-state index contributed by atoms with van der Waals surface area (Å²) in [5.74, 6) is 1.95. The van der Waals surface area contributed by atoms with Crippen LogP contribution < -0.4 is 14.2 Å². The zero-order valence-corrected chi connectivity index (χ0v) is 18.3. The molecule has 0 aliphatic rings. The Kier molecular flexibility index (Phi) is 6.74. The molecular weight excluding hydrogens is 424 g/mol. The summed E-state index contributed by atoms with van der Waals surface area (Å²) < 4.78 is 17.5. The maximum Gasteiger partial charge on any atom is 0.174 e. The van der Waals surface area contributed by atoms with Crippen LogP contribution in [0.3, 0.4) is 0 Å². The highest BCUT2D eigenvalue weighted by Gasteiger charge is 2.11. The Balaban J connectivity index is 1.43. The van der Waals surface area contributed by atoms with Crippen LogP contribution in [0.1, 0.15) is 16.8 Å². The summed E-state index contributed by atoms with van der Waals surface area (Å²) in [6.45, 7) is 2.45. The third-order valence-corrected chi connectivity index (χ3v) is 5.06. The van der Waals surface area contributed by atoms with Crippen LogP contribution in [0.5, 0.6) is 17.2 Å². The fourth-order valence-corrected chi connectivity index (χ4v) is 3.67. The van der Waals surface area contributed by atoms with E-state index in [2.05, 4.69) is 4.98 Å². The summed E-state index contributed by atoms with van der Waals surface area (Å²) in [5.41, 5.74) is 3.42. The van der Waals surface area contributed by atoms with E-state index in [1.807, 2.05) is 73.7 Å². The van der Waals surface area contributed by atoms with Crippen LogP contribution in [0.2, 0.25) is 5.02 Å². The van der Waals surface area contributed by atoms with Gasteiger partial charge in [-0.1, -0.05) is 41.9 Å². The molecule has 0 N–H and O–H groups in total. The predicted octanol–water partition coefficient (Wildman–Crippen LogP) is 6.26. The van der Waals surface area contributed by atoms with E-state index < -0.39 is 0 Å². The van der Waals surface area contributed by atoms with E-state index in [-0.39, 0.29) is 13.2 Å². The number of ether oxygens (including phenoxy) is 3. The number of hydrogen-bond donors (Lipinski definition) is 0. The molecule has 6 heteroatoms. The summed E-state index contributed by atoms with van der Waals surface area (Å²) in [6, 6.07) is 25.0. The topological polar surface area (TPSA) is 64.4 Å². The number of aryl methyl sites for hydroxylation is 1. The molecular formula is C26H21ClN2O3. The highest BCUT2D eigenvalue weighted by Crippen LogP contribution is 2.30. The molecule has 0 unspecified atom stereocenters. The molecule has 0 saturated carbocycles. The number of pyridine rings is 1. The van der Waals surface area contributed by atoms with Gasteiger partial charge in [-0.3, -0.25) is 0 Å². The van der Waals surface area contributed by atoms with Gasteiger partial charge in [-0.2, -0.15) is 5.26 Å². The first kappa shape index (κ1) is 21.5. The Morgan fingerprint density at radius 2 is 1.66 bits per heavy atom. The van der Waals surface area contributed by atoms with Crippen LogP contribution in [0.25, 0.3) is 10.9 Å². The zero-order valence-electron chi connectivity index (χ0n) is 17.5. The van der Waals surface area contributed by atoms with Crippen molar-refractivity contribution in [2.45, 2.75) is 20.1 Å². The van der Waals surface area contributed by atoms with Gasteiger partial charge in [0.1, 0.15) is 36.5 Å². The molecule has 1 aromatic heterocycles. The first-order valence-electron chi connectivity index (χ1n) is 10.1. The lowest BCUT2D eigenvalue weighted by molar-refractivity contribution is 0.281. The minimum atomic E-state index is -0.0401. The fourth-order valence-electron chi connectivity index (χ4n) is 3.38. The number of nitriles is 1. The zero-order chi connectivity index (χ0) is 22.3. The molecule has 4 rings (SSSR count). The van der Waals surface area contributed by atoms with E-state index in [0.29, 0.717) is 28.9 Å². The molecule has 0 saturated heterocycles. The molecule has 3 aromatic carbocycles. The second-order valence-electron chi connectivity index (χ2n) is 7.21. The van der Waals surface area contributed by atoms with E-state index in [9.17, 15) is 0 Å². The van der Waals surface area contributed by atoms with Crippen molar-refractivity contribution in [3.63, 3.8) is 0 Å². The Labute approximate surface area is 191 Å². The normalized spacial score (nSPS) is 10.5. The molecule has 5 nitrogen and oxygen atoms in total. The van der Waals surface area contributed by atoms with Gasteiger partial charge in [-0.15, -0.1) is 0 Å². The lowest BCUT2D eigenvalue weighted by Gasteiger charge is -2.14. The van der Waals surface area contributed by atoms with Crippen LogP contribution in [0.4, 0.5) is 0 Å². The fraction of sp³-hybridized carbons (Fsp3) is 0.154. The second-order valence-corrected chi connectivity index (χ2v) is 7.64. The number of hydrogen-bond acceptors (Lipinski definition) is 5. The van der Waals surface area contributed by atoms with E-state index in [4.69, 9.17) is 31.1 Å². The van der Waals surface area contributed by atoms with Crippen LogP contribution in [-0.2, 0) is 13.2 Å². The lowest BCUT2D eigenvalue weighted by Crippen LogP contribution is -2.04.